The molecule has 3 aromatic carbocycles. The van der Waals surface area contributed by atoms with Gasteiger partial charge in [0, 0.05) is 44.4 Å². The van der Waals surface area contributed by atoms with Gasteiger partial charge in [-0.1, -0.05) is 61.0 Å². The predicted molar refractivity (Wildman–Crippen MR) is 233 cm³/mol. The Hall–Kier alpha value is -4.48. The van der Waals surface area contributed by atoms with Gasteiger partial charge in [-0.25, -0.2) is 4.67 Å². The maximum Gasteiger partial charge on any atom is 0.259 e. The number of ether oxygens (including phenoxy) is 3. The Balaban J connectivity index is 1.64. The van der Waals surface area contributed by atoms with Gasteiger partial charge < -0.3 is 33.5 Å². The summed E-state index contributed by atoms with van der Waals surface area (Å²) in [6.07, 6.45) is 10.1. The Morgan fingerprint density at radius 1 is 0.864 bits per heavy atom. The lowest BCUT2D eigenvalue weighted by Crippen LogP contribution is -2.42. The van der Waals surface area contributed by atoms with Crippen molar-refractivity contribution >= 4 is 20.3 Å². The second kappa shape index (κ2) is 24.6. The topological polar surface area (TPSA) is 123 Å². The molecule has 0 aliphatic carbocycles. The lowest BCUT2D eigenvalue weighted by atomic mass is 9.80. The zero-order valence-electron chi connectivity index (χ0n) is 35.7. The van der Waals surface area contributed by atoms with Gasteiger partial charge in [0.15, 0.2) is 0 Å². The number of nitriles is 1. The van der Waals surface area contributed by atoms with Crippen LogP contribution in [0.25, 0.3) is 0 Å². The van der Waals surface area contributed by atoms with Crippen LogP contribution in [0.15, 0.2) is 78.9 Å². The fourth-order valence-electron chi connectivity index (χ4n) is 7.52. The summed E-state index contributed by atoms with van der Waals surface area (Å²) in [5, 5.41) is 12.2. The van der Waals surface area contributed by atoms with Crippen LogP contribution in [0, 0.1) is 23.7 Å². The van der Waals surface area contributed by atoms with E-state index in [2.05, 4.69) is 61.8 Å². The fraction of sp³-hybridized carbons (Fsp3) is 0.511. The quantitative estimate of drug-likeness (QED) is 0.0387. The van der Waals surface area contributed by atoms with Crippen molar-refractivity contribution in [2.75, 3.05) is 40.5 Å². The summed E-state index contributed by atoms with van der Waals surface area (Å²) in [6.45, 7) is 9.87. The van der Waals surface area contributed by atoms with Crippen molar-refractivity contribution in [3.8, 4) is 29.9 Å². The van der Waals surface area contributed by atoms with Gasteiger partial charge in [0.2, 0.25) is 11.8 Å². The van der Waals surface area contributed by atoms with Crippen LogP contribution in [0.3, 0.4) is 0 Å². The molecule has 59 heavy (non-hydrogen) atoms. The average Bonchev–Trinajstić information content (AvgIpc) is 3.65. The number of hydrogen-bond acceptors (Lipinski definition) is 9. The Morgan fingerprint density at radius 3 is 2.03 bits per heavy atom. The van der Waals surface area contributed by atoms with E-state index in [4.69, 9.17) is 29.7 Å². The number of unbranched alkanes of at least 4 members (excludes halogenated alkanes) is 3. The highest BCUT2D eigenvalue weighted by Gasteiger charge is 2.43. The number of amides is 2. The van der Waals surface area contributed by atoms with Crippen LogP contribution in [-0.4, -0.2) is 86.1 Å². The van der Waals surface area contributed by atoms with Gasteiger partial charge in [-0.15, -0.1) is 12.3 Å². The van der Waals surface area contributed by atoms with Crippen LogP contribution < -0.4 is 14.8 Å². The molecule has 3 aromatic rings. The summed E-state index contributed by atoms with van der Waals surface area (Å²) in [4.78, 5) is 28.3. The third-order valence-corrected chi connectivity index (χ3v) is 12.6. The van der Waals surface area contributed by atoms with Crippen LogP contribution in [-0.2, 0) is 29.0 Å². The molecule has 0 saturated carbocycles. The molecule has 4 rings (SSSR count). The van der Waals surface area contributed by atoms with Gasteiger partial charge in [0.25, 0.3) is 8.53 Å². The molecule has 11 nitrogen and oxygen atoms in total. The van der Waals surface area contributed by atoms with Gasteiger partial charge in [-0.05, 0) is 94.3 Å². The van der Waals surface area contributed by atoms with Gasteiger partial charge in [-0.3, -0.25) is 9.59 Å². The zero-order chi connectivity index (χ0) is 42.6. The summed E-state index contributed by atoms with van der Waals surface area (Å²) in [5.41, 5.74) is 1.68. The van der Waals surface area contributed by atoms with Crippen molar-refractivity contribution in [1.29, 1.82) is 5.26 Å². The minimum atomic E-state index is -1.53. The zero-order valence-corrected chi connectivity index (χ0v) is 36.6. The number of carbonyl (C=O) groups is 2. The Bertz CT molecular complexity index is 1740. The standard InChI is InChI=1S/C47H63N4O7P/c1-8-9-12-20-45(52)49-31-16-11-15-21-46(53)50-34-44(58-59(57-32-17-30-48)51(36(2)3)37(4)5)33-41(50)35-56-47(38-18-13-10-14-19-38,39-22-26-42(54-6)27-23-39)40-24-28-43(55-7)29-25-40/h1,10,13-14,18-19,22-29,36-37,41,44H,9,11-12,15-17,20-21,31-35H2,2-7H3,(H,49,52)/t41-,44+,59?/m0/s1. The highest BCUT2D eigenvalue weighted by Crippen LogP contribution is 2.49. The molecule has 1 aliphatic heterocycles. The first-order valence-corrected chi connectivity index (χ1v) is 21.9. The minimum Gasteiger partial charge on any atom is -0.497 e. The molecule has 0 bridgehead atoms. The molecule has 1 N–H and O–H groups in total. The van der Waals surface area contributed by atoms with Gasteiger partial charge >= 0.3 is 0 Å². The van der Waals surface area contributed by atoms with E-state index in [0.717, 1.165) is 41.0 Å². The van der Waals surface area contributed by atoms with E-state index in [1.54, 1.807) is 14.2 Å². The van der Waals surface area contributed by atoms with E-state index in [1.807, 2.05) is 71.6 Å². The maximum atomic E-state index is 14.2. The van der Waals surface area contributed by atoms with Crippen molar-refractivity contribution < 1.29 is 32.8 Å². The van der Waals surface area contributed by atoms with Crippen LogP contribution in [0.2, 0.25) is 0 Å². The first-order valence-electron chi connectivity index (χ1n) is 20.8. The summed E-state index contributed by atoms with van der Waals surface area (Å²) in [6, 6.07) is 28.1. The average molecular weight is 827 g/mol. The van der Waals surface area contributed by atoms with Crippen molar-refractivity contribution in [2.24, 2.45) is 0 Å². The first kappa shape index (κ1) is 47.2. The maximum absolute atomic E-state index is 14.2. The molecule has 1 fully saturated rings. The van der Waals surface area contributed by atoms with Gasteiger partial charge in [0.1, 0.15) is 17.1 Å². The highest BCUT2D eigenvalue weighted by molar-refractivity contribution is 7.44. The van der Waals surface area contributed by atoms with Crippen molar-refractivity contribution in [1.82, 2.24) is 14.9 Å². The lowest BCUT2D eigenvalue weighted by Gasteiger charge is -2.38. The van der Waals surface area contributed by atoms with E-state index in [9.17, 15) is 14.9 Å². The van der Waals surface area contributed by atoms with E-state index >= 15 is 0 Å². The molecule has 0 aromatic heterocycles. The number of carbonyl (C=O) groups excluding carboxylic acids is 2. The Labute approximate surface area is 353 Å². The number of methoxy groups -OCH3 is 2. The highest BCUT2D eigenvalue weighted by atomic mass is 31.2. The van der Waals surface area contributed by atoms with Crippen LogP contribution >= 0.6 is 8.53 Å². The predicted octanol–water partition coefficient (Wildman–Crippen LogP) is 8.75. The summed E-state index contributed by atoms with van der Waals surface area (Å²) in [7, 11) is 1.77. The molecule has 1 unspecified atom stereocenters. The van der Waals surface area contributed by atoms with E-state index in [0.29, 0.717) is 51.6 Å². The third-order valence-electron chi connectivity index (χ3n) is 10.4. The van der Waals surface area contributed by atoms with Crippen LogP contribution in [0.1, 0.15) is 102 Å². The van der Waals surface area contributed by atoms with Crippen LogP contribution in [0.4, 0.5) is 0 Å². The Kier molecular flexibility index (Phi) is 19.7. The number of terminal acetylenes is 1. The van der Waals surface area contributed by atoms with Crippen molar-refractivity contribution in [2.45, 2.75) is 115 Å². The smallest absolute Gasteiger partial charge is 0.259 e. The summed E-state index contributed by atoms with van der Waals surface area (Å²) < 4.78 is 33.7. The second-order valence-electron chi connectivity index (χ2n) is 15.2. The number of rotatable bonds is 25. The summed E-state index contributed by atoms with van der Waals surface area (Å²) >= 11 is 0. The molecule has 318 valence electrons. The number of hydrogen-bond donors (Lipinski definition) is 1. The molecule has 0 spiro atoms. The monoisotopic (exact) mass is 826 g/mol. The van der Waals surface area contributed by atoms with Crippen molar-refractivity contribution in [3.05, 3.63) is 95.6 Å². The Morgan fingerprint density at radius 2 is 1.47 bits per heavy atom. The molecule has 2 amide bonds. The number of nitrogens with zero attached hydrogens (tertiary/aromatic N) is 3. The largest absolute Gasteiger partial charge is 0.497 e. The van der Waals surface area contributed by atoms with E-state index < -0.39 is 14.1 Å². The number of nitrogens with one attached hydrogen (secondary N) is 1. The molecule has 0 radical (unpaired) electrons. The van der Waals surface area contributed by atoms with Crippen LogP contribution in [0.5, 0.6) is 11.5 Å². The van der Waals surface area contributed by atoms with E-state index in [-0.39, 0.29) is 55.7 Å². The van der Waals surface area contributed by atoms with Gasteiger partial charge in [0.05, 0.1) is 52.1 Å². The van der Waals surface area contributed by atoms with Crippen molar-refractivity contribution in [3.63, 3.8) is 0 Å². The summed E-state index contributed by atoms with van der Waals surface area (Å²) in [5.74, 6) is 4.05. The lowest BCUT2D eigenvalue weighted by molar-refractivity contribution is -0.134. The molecule has 12 heteroatoms. The SMILES string of the molecule is C#CCCCC(=O)NCCCCCC(=O)N1C[C@H](OP(OCCC#N)N(C(C)C)C(C)C)C[C@H]1COC(c1ccccc1)(c1ccc(OC)cc1)c1ccc(OC)cc1. The molecule has 3 atom stereocenters. The third kappa shape index (κ3) is 13.5. The fourth-order valence-corrected chi connectivity index (χ4v) is 9.23. The first-order chi connectivity index (χ1) is 28.6. The molecular formula is C47H63N4O7P. The number of likely N-dealkylation sites (tertiary alicyclic amines) is 1. The molecule has 1 saturated heterocycles. The molecular weight excluding hydrogens is 764 g/mol. The second-order valence-corrected chi connectivity index (χ2v) is 16.6. The normalized spacial score (nSPS) is 15.9. The van der Waals surface area contributed by atoms with Gasteiger partial charge in [-0.2, -0.15) is 5.26 Å². The van der Waals surface area contributed by atoms with E-state index in [1.165, 1.54) is 0 Å². The molecule has 1 aliphatic rings. The minimum absolute atomic E-state index is 0.00296. The number of benzene rings is 3. The molecule has 1 heterocycles.